The standard InChI is InChI=1S/C15H13N3O4S2/c1-9-3-4-10(15(19)22-2)12(7-9)18-24(20,21)14-11-8-17-23-13(11)5-6-16-14/h3-8,18H,1-2H3. The van der Waals surface area contributed by atoms with Crippen molar-refractivity contribution in [3.63, 3.8) is 0 Å². The number of methoxy groups -OCH3 is 1. The van der Waals surface area contributed by atoms with E-state index in [1.54, 1.807) is 25.1 Å². The number of nitrogens with one attached hydrogen (secondary N) is 1. The number of aromatic nitrogens is 2. The van der Waals surface area contributed by atoms with Crippen molar-refractivity contribution >= 4 is 43.3 Å². The van der Waals surface area contributed by atoms with Gasteiger partial charge in [0.1, 0.15) is 0 Å². The number of hydrogen-bond acceptors (Lipinski definition) is 7. The molecule has 3 rings (SSSR count). The summed E-state index contributed by atoms with van der Waals surface area (Å²) in [6.45, 7) is 1.79. The molecule has 0 bridgehead atoms. The Morgan fingerprint density at radius 1 is 1.29 bits per heavy atom. The first-order valence-corrected chi connectivity index (χ1v) is 9.09. The molecule has 0 fully saturated rings. The SMILES string of the molecule is COC(=O)c1ccc(C)cc1NS(=O)(=O)c1nccc2sncc12. The second kappa shape index (κ2) is 6.17. The maximum absolute atomic E-state index is 12.7. The zero-order chi connectivity index (χ0) is 17.3. The molecular weight excluding hydrogens is 350 g/mol. The Kier molecular flexibility index (Phi) is 4.20. The molecule has 2 heterocycles. The number of esters is 1. The highest BCUT2D eigenvalue weighted by molar-refractivity contribution is 7.92. The molecule has 0 aliphatic heterocycles. The van der Waals surface area contributed by atoms with Gasteiger partial charge in [-0.25, -0.2) is 9.78 Å². The third-order valence-electron chi connectivity index (χ3n) is 3.33. The second-order valence-electron chi connectivity index (χ2n) is 5.00. The van der Waals surface area contributed by atoms with Gasteiger partial charge in [0, 0.05) is 6.20 Å². The second-order valence-corrected chi connectivity index (χ2v) is 7.43. The number of sulfonamides is 1. The molecule has 0 saturated carbocycles. The van der Waals surface area contributed by atoms with Gasteiger partial charge in [-0.1, -0.05) is 6.07 Å². The fourth-order valence-electron chi connectivity index (χ4n) is 2.21. The van der Waals surface area contributed by atoms with Gasteiger partial charge < -0.3 is 4.74 Å². The van der Waals surface area contributed by atoms with Gasteiger partial charge >= 0.3 is 5.97 Å². The first-order chi connectivity index (χ1) is 11.4. The average molecular weight is 363 g/mol. The van der Waals surface area contributed by atoms with Crippen molar-refractivity contribution in [2.45, 2.75) is 11.9 Å². The normalized spacial score (nSPS) is 11.4. The van der Waals surface area contributed by atoms with Gasteiger partial charge in [0.25, 0.3) is 10.0 Å². The van der Waals surface area contributed by atoms with Crippen molar-refractivity contribution in [3.05, 3.63) is 47.8 Å². The van der Waals surface area contributed by atoms with Crippen LogP contribution in [-0.2, 0) is 14.8 Å². The predicted octanol–water partition coefficient (Wildman–Crippen LogP) is 2.59. The molecule has 0 spiro atoms. The number of anilines is 1. The largest absolute Gasteiger partial charge is 0.465 e. The minimum absolute atomic E-state index is 0.127. The van der Waals surface area contributed by atoms with Gasteiger partial charge in [0.05, 0.1) is 34.6 Å². The van der Waals surface area contributed by atoms with Crippen LogP contribution in [0.3, 0.4) is 0 Å². The molecule has 3 aromatic rings. The Bertz CT molecular complexity index is 1030. The zero-order valence-electron chi connectivity index (χ0n) is 12.8. The number of carbonyl (C=O) groups is 1. The Labute approximate surface area is 142 Å². The summed E-state index contributed by atoms with van der Waals surface area (Å²) < 4.78 is 37.3. The summed E-state index contributed by atoms with van der Waals surface area (Å²) >= 11 is 1.18. The highest BCUT2D eigenvalue weighted by Crippen LogP contribution is 2.27. The molecule has 1 aromatic carbocycles. The van der Waals surface area contributed by atoms with E-state index in [-0.39, 0.29) is 16.3 Å². The number of aryl methyl sites for hydroxylation is 1. The Morgan fingerprint density at radius 2 is 2.08 bits per heavy atom. The number of ether oxygens (including phenoxy) is 1. The Morgan fingerprint density at radius 3 is 2.83 bits per heavy atom. The Hall–Kier alpha value is -2.52. The number of carbonyl (C=O) groups excluding carboxylic acids is 1. The first kappa shape index (κ1) is 16.3. The molecule has 0 radical (unpaired) electrons. The molecule has 124 valence electrons. The molecule has 9 heteroatoms. The summed E-state index contributed by atoms with van der Waals surface area (Å²) in [4.78, 5) is 15.8. The summed E-state index contributed by atoms with van der Waals surface area (Å²) in [5, 5.41) is 0.299. The average Bonchev–Trinajstić information content (AvgIpc) is 3.02. The van der Waals surface area contributed by atoms with E-state index in [2.05, 4.69) is 14.1 Å². The molecule has 0 unspecified atom stereocenters. The van der Waals surface area contributed by atoms with E-state index in [1.807, 2.05) is 0 Å². The van der Waals surface area contributed by atoms with Crippen LogP contribution in [0.4, 0.5) is 5.69 Å². The molecule has 0 amide bonds. The van der Waals surface area contributed by atoms with Crippen LogP contribution in [0.5, 0.6) is 0 Å². The predicted molar refractivity (Wildman–Crippen MR) is 90.7 cm³/mol. The highest BCUT2D eigenvalue weighted by atomic mass is 32.2. The molecule has 0 saturated heterocycles. The lowest BCUT2D eigenvalue weighted by Crippen LogP contribution is -2.17. The Balaban J connectivity index is 2.09. The van der Waals surface area contributed by atoms with Crippen LogP contribution >= 0.6 is 11.5 Å². The van der Waals surface area contributed by atoms with Crippen LogP contribution in [0, 0.1) is 6.92 Å². The highest BCUT2D eigenvalue weighted by Gasteiger charge is 2.23. The maximum atomic E-state index is 12.7. The quantitative estimate of drug-likeness (QED) is 0.716. The number of pyridine rings is 1. The summed E-state index contributed by atoms with van der Waals surface area (Å²) in [5.41, 5.74) is 1.06. The molecule has 24 heavy (non-hydrogen) atoms. The zero-order valence-corrected chi connectivity index (χ0v) is 14.4. The molecule has 0 aliphatic rings. The van der Waals surface area contributed by atoms with Gasteiger partial charge in [-0.15, -0.1) is 0 Å². The van der Waals surface area contributed by atoms with Crippen molar-refractivity contribution in [2.75, 3.05) is 11.8 Å². The van der Waals surface area contributed by atoms with Crippen molar-refractivity contribution in [3.8, 4) is 0 Å². The maximum Gasteiger partial charge on any atom is 0.339 e. The van der Waals surface area contributed by atoms with Gasteiger partial charge in [-0.3, -0.25) is 4.72 Å². The van der Waals surface area contributed by atoms with E-state index in [4.69, 9.17) is 4.74 Å². The smallest absolute Gasteiger partial charge is 0.339 e. The van der Waals surface area contributed by atoms with Crippen molar-refractivity contribution < 1.29 is 17.9 Å². The lowest BCUT2D eigenvalue weighted by Gasteiger charge is -2.12. The third kappa shape index (κ3) is 2.95. The molecular formula is C15H13N3O4S2. The van der Waals surface area contributed by atoms with Crippen LogP contribution in [0.2, 0.25) is 0 Å². The molecule has 0 atom stereocenters. The number of rotatable bonds is 4. The van der Waals surface area contributed by atoms with Gasteiger partial charge in [0.15, 0.2) is 5.03 Å². The minimum Gasteiger partial charge on any atom is -0.465 e. The monoisotopic (exact) mass is 363 g/mol. The van der Waals surface area contributed by atoms with Crippen molar-refractivity contribution in [1.82, 2.24) is 9.36 Å². The van der Waals surface area contributed by atoms with Gasteiger partial charge in [-0.2, -0.15) is 12.8 Å². The topological polar surface area (TPSA) is 98.2 Å². The number of fused-ring (bicyclic) bond motifs is 1. The molecule has 2 aromatic heterocycles. The van der Waals surface area contributed by atoms with E-state index in [0.29, 0.717) is 10.1 Å². The van der Waals surface area contributed by atoms with E-state index in [0.717, 1.165) is 5.56 Å². The lowest BCUT2D eigenvalue weighted by atomic mass is 10.1. The number of nitrogens with zero attached hydrogens (tertiary/aromatic N) is 2. The summed E-state index contributed by atoms with van der Waals surface area (Å²) in [7, 11) is -2.76. The third-order valence-corrected chi connectivity index (χ3v) is 5.41. The van der Waals surface area contributed by atoms with Crippen LogP contribution in [-0.4, -0.2) is 30.9 Å². The fraction of sp³-hybridized carbons (Fsp3) is 0.133. The van der Waals surface area contributed by atoms with Crippen LogP contribution in [0.15, 0.2) is 41.7 Å². The lowest BCUT2D eigenvalue weighted by molar-refractivity contribution is 0.0602. The van der Waals surface area contributed by atoms with Crippen molar-refractivity contribution in [1.29, 1.82) is 0 Å². The van der Waals surface area contributed by atoms with Gasteiger partial charge in [-0.05, 0) is 42.2 Å². The van der Waals surface area contributed by atoms with Gasteiger partial charge in [0.2, 0.25) is 0 Å². The van der Waals surface area contributed by atoms with Crippen LogP contribution < -0.4 is 4.72 Å². The van der Waals surface area contributed by atoms with E-state index < -0.39 is 16.0 Å². The molecule has 0 aliphatic carbocycles. The van der Waals surface area contributed by atoms with Crippen molar-refractivity contribution in [2.24, 2.45) is 0 Å². The molecule has 7 nitrogen and oxygen atoms in total. The van der Waals surface area contributed by atoms with E-state index in [9.17, 15) is 13.2 Å². The van der Waals surface area contributed by atoms with Crippen LogP contribution in [0.25, 0.3) is 10.1 Å². The molecule has 1 N–H and O–H groups in total. The minimum atomic E-state index is -3.99. The number of hydrogen-bond donors (Lipinski definition) is 1. The van der Waals surface area contributed by atoms with E-state index in [1.165, 1.54) is 37.1 Å². The first-order valence-electron chi connectivity index (χ1n) is 6.83. The van der Waals surface area contributed by atoms with E-state index >= 15 is 0 Å². The summed E-state index contributed by atoms with van der Waals surface area (Å²) in [6.07, 6.45) is 2.87. The van der Waals surface area contributed by atoms with Crippen LogP contribution in [0.1, 0.15) is 15.9 Å². The summed E-state index contributed by atoms with van der Waals surface area (Å²) in [6, 6.07) is 6.47. The summed E-state index contributed by atoms with van der Waals surface area (Å²) in [5.74, 6) is -0.629. The number of benzene rings is 1. The fourth-order valence-corrected chi connectivity index (χ4v) is 4.12.